The molecule has 8 nitrogen and oxygen atoms in total. The first-order chi connectivity index (χ1) is 15.0. The molecule has 2 aliphatic rings. The molecule has 3 amide bonds. The zero-order chi connectivity index (χ0) is 21.5. The predicted molar refractivity (Wildman–Crippen MR) is 109 cm³/mol. The molecule has 156 valence electrons. The molecular formula is C23H19N3O5. The summed E-state index contributed by atoms with van der Waals surface area (Å²) in [6.45, 7) is 1.79. The van der Waals surface area contributed by atoms with Crippen LogP contribution < -0.4 is 10.1 Å². The molecule has 0 saturated carbocycles. The molecule has 0 radical (unpaired) electrons. The lowest BCUT2D eigenvalue weighted by molar-refractivity contribution is -0.121. The van der Waals surface area contributed by atoms with Gasteiger partial charge in [-0.15, -0.1) is 0 Å². The molecule has 1 aromatic heterocycles. The molecule has 1 N–H and O–H groups in total. The third-order valence-corrected chi connectivity index (χ3v) is 5.39. The highest BCUT2D eigenvalue weighted by atomic mass is 16.5. The highest BCUT2D eigenvalue weighted by Gasteiger charge is 2.36. The molecular weight excluding hydrogens is 398 g/mol. The molecule has 2 aromatic carbocycles. The number of nitrogens with zero attached hydrogens (tertiary/aromatic N) is 2. The molecule has 0 aliphatic carbocycles. The molecule has 0 spiro atoms. The molecule has 2 aliphatic heterocycles. The van der Waals surface area contributed by atoms with Gasteiger partial charge in [0.15, 0.2) is 5.76 Å². The lowest BCUT2D eigenvalue weighted by Crippen LogP contribution is -2.40. The Labute approximate surface area is 177 Å². The minimum atomic E-state index is -0.465. The van der Waals surface area contributed by atoms with E-state index in [1.165, 1.54) is 0 Å². The van der Waals surface area contributed by atoms with Crippen molar-refractivity contribution in [3.8, 4) is 17.1 Å². The van der Waals surface area contributed by atoms with Crippen LogP contribution in [0, 0.1) is 0 Å². The van der Waals surface area contributed by atoms with Gasteiger partial charge >= 0.3 is 0 Å². The van der Waals surface area contributed by atoms with Crippen LogP contribution in [0.3, 0.4) is 0 Å². The van der Waals surface area contributed by atoms with Crippen LogP contribution in [0.4, 0.5) is 0 Å². The van der Waals surface area contributed by atoms with Gasteiger partial charge in [0.05, 0.1) is 17.7 Å². The van der Waals surface area contributed by atoms with E-state index in [0.717, 1.165) is 28.2 Å². The highest BCUT2D eigenvalue weighted by Crippen LogP contribution is 2.33. The van der Waals surface area contributed by atoms with Crippen LogP contribution >= 0.6 is 0 Å². The summed E-state index contributed by atoms with van der Waals surface area (Å²) in [6.07, 6.45) is 1.05. The molecule has 3 heterocycles. The largest absolute Gasteiger partial charge is 0.490 e. The van der Waals surface area contributed by atoms with Gasteiger partial charge in [-0.3, -0.25) is 19.3 Å². The zero-order valence-electron chi connectivity index (χ0n) is 16.8. The highest BCUT2D eigenvalue weighted by molar-refractivity contribution is 6.22. The van der Waals surface area contributed by atoms with Crippen molar-refractivity contribution in [2.45, 2.75) is 26.0 Å². The minimum Gasteiger partial charge on any atom is -0.490 e. The van der Waals surface area contributed by atoms with Gasteiger partial charge in [0.25, 0.3) is 11.8 Å². The first-order valence-corrected chi connectivity index (χ1v) is 9.97. The quantitative estimate of drug-likeness (QED) is 0.641. The van der Waals surface area contributed by atoms with Crippen molar-refractivity contribution in [1.29, 1.82) is 0 Å². The zero-order valence-corrected chi connectivity index (χ0v) is 16.8. The smallest absolute Gasteiger partial charge is 0.262 e. The number of ether oxygens (including phenoxy) is 1. The number of carbonyl (C=O) groups is 3. The van der Waals surface area contributed by atoms with Gasteiger partial charge in [-0.1, -0.05) is 29.4 Å². The number of aromatic nitrogens is 1. The van der Waals surface area contributed by atoms with Crippen molar-refractivity contribution >= 4 is 17.7 Å². The van der Waals surface area contributed by atoms with E-state index in [9.17, 15) is 14.4 Å². The van der Waals surface area contributed by atoms with Crippen LogP contribution in [0.5, 0.6) is 5.75 Å². The molecule has 0 saturated heterocycles. The van der Waals surface area contributed by atoms with Crippen molar-refractivity contribution in [3.05, 3.63) is 70.9 Å². The Balaban J connectivity index is 1.21. The van der Waals surface area contributed by atoms with Crippen LogP contribution in [0.25, 0.3) is 11.3 Å². The molecule has 31 heavy (non-hydrogen) atoms. The Kier molecular flexibility index (Phi) is 4.54. The first-order valence-electron chi connectivity index (χ1n) is 9.97. The van der Waals surface area contributed by atoms with Gasteiger partial charge in [-0.25, -0.2) is 0 Å². The first kappa shape index (κ1) is 19.0. The van der Waals surface area contributed by atoms with Crippen LogP contribution in [0.15, 0.2) is 53.1 Å². The second-order valence-electron chi connectivity index (χ2n) is 7.66. The lowest BCUT2D eigenvalue weighted by Gasteiger charge is -2.13. The minimum absolute atomic E-state index is 0.115. The maximum atomic E-state index is 12.4. The topological polar surface area (TPSA) is 102 Å². The van der Waals surface area contributed by atoms with E-state index in [1.807, 2.05) is 25.1 Å². The van der Waals surface area contributed by atoms with Gasteiger partial charge in [-0.2, -0.15) is 0 Å². The molecule has 0 fully saturated rings. The molecule has 3 aromatic rings. The standard InChI is InChI=1S/C23H19N3O5/c1-13-8-14-6-7-15(9-19(14)30-13)20-10-16(25-31-20)11-24-21(27)12-26-22(28)17-4-2-3-5-18(17)23(26)29/h2-7,9-10,13H,8,11-12H2,1H3,(H,24,27). The number of hydrogen-bond acceptors (Lipinski definition) is 6. The fourth-order valence-corrected chi connectivity index (χ4v) is 3.86. The van der Waals surface area contributed by atoms with Gasteiger partial charge < -0.3 is 14.6 Å². The number of rotatable bonds is 5. The maximum Gasteiger partial charge on any atom is 0.262 e. The number of hydrogen-bond donors (Lipinski definition) is 1. The molecule has 8 heteroatoms. The molecule has 1 unspecified atom stereocenters. The summed E-state index contributed by atoms with van der Waals surface area (Å²) >= 11 is 0. The third-order valence-electron chi connectivity index (χ3n) is 5.39. The Hall–Kier alpha value is -3.94. The van der Waals surface area contributed by atoms with Crippen molar-refractivity contribution in [2.24, 2.45) is 0 Å². The van der Waals surface area contributed by atoms with Crippen molar-refractivity contribution < 1.29 is 23.6 Å². The second-order valence-corrected chi connectivity index (χ2v) is 7.66. The van der Waals surface area contributed by atoms with Crippen LogP contribution in [0.1, 0.15) is 38.9 Å². The summed E-state index contributed by atoms with van der Waals surface area (Å²) in [5.41, 5.74) is 3.16. The number of amides is 3. The van der Waals surface area contributed by atoms with Crippen molar-refractivity contribution in [3.63, 3.8) is 0 Å². The lowest BCUT2D eigenvalue weighted by atomic mass is 10.1. The fourth-order valence-electron chi connectivity index (χ4n) is 3.86. The summed E-state index contributed by atoms with van der Waals surface area (Å²) in [5.74, 6) is 0.0203. The third kappa shape index (κ3) is 3.46. The van der Waals surface area contributed by atoms with E-state index >= 15 is 0 Å². The van der Waals surface area contributed by atoms with E-state index in [4.69, 9.17) is 9.26 Å². The predicted octanol–water partition coefficient (Wildman–Crippen LogP) is 2.58. The second kappa shape index (κ2) is 7.39. The average Bonchev–Trinajstić information content (AvgIpc) is 3.45. The number of imide groups is 1. The summed E-state index contributed by atoms with van der Waals surface area (Å²) in [5, 5.41) is 6.66. The Morgan fingerprint density at radius 1 is 1.13 bits per heavy atom. The van der Waals surface area contributed by atoms with E-state index < -0.39 is 17.7 Å². The normalized spacial score (nSPS) is 16.8. The van der Waals surface area contributed by atoms with E-state index in [2.05, 4.69) is 10.5 Å². The Morgan fingerprint density at radius 2 is 1.87 bits per heavy atom. The fraction of sp³-hybridized carbons (Fsp3) is 0.217. The number of carbonyl (C=O) groups excluding carboxylic acids is 3. The van der Waals surface area contributed by atoms with E-state index in [-0.39, 0.29) is 19.2 Å². The van der Waals surface area contributed by atoms with Crippen molar-refractivity contribution in [2.75, 3.05) is 6.54 Å². The number of nitrogens with one attached hydrogen (secondary N) is 1. The van der Waals surface area contributed by atoms with Crippen LogP contribution in [0.2, 0.25) is 0 Å². The van der Waals surface area contributed by atoms with E-state index in [1.54, 1.807) is 30.3 Å². The maximum absolute atomic E-state index is 12.4. The summed E-state index contributed by atoms with van der Waals surface area (Å²) in [4.78, 5) is 38.0. The number of fused-ring (bicyclic) bond motifs is 2. The number of benzene rings is 2. The molecule has 5 rings (SSSR count). The Bertz CT molecular complexity index is 1180. The Morgan fingerprint density at radius 3 is 2.61 bits per heavy atom. The van der Waals surface area contributed by atoms with Gasteiger partial charge in [0.1, 0.15) is 24.1 Å². The average molecular weight is 417 g/mol. The van der Waals surface area contributed by atoms with Crippen LogP contribution in [-0.2, 0) is 17.8 Å². The summed E-state index contributed by atoms with van der Waals surface area (Å²) in [6, 6.07) is 14.1. The summed E-state index contributed by atoms with van der Waals surface area (Å²) < 4.78 is 11.2. The van der Waals surface area contributed by atoms with Gasteiger partial charge in [0.2, 0.25) is 5.91 Å². The monoisotopic (exact) mass is 417 g/mol. The van der Waals surface area contributed by atoms with Gasteiger partial charge in [-0.05, 0) is 30.7 Å². The van der Waals surface area contributed by atoms with E-state index in [0.29, 0.717) is 22.6 Å². The summed E-state index contributed by atoms with van der Waals surface area (Å²) in [7, 11) is 0. The molecule has 0 bridgehead atoms. The van der Waals surface area contributed by atoms with Crippen LogP contribution in [-0.4, -0.2) is 40.4 Å². The molecule has 1 atom stereocenters. The van der Waals surface area contributed by atoms with Crippen molar-refractivity contribution in [1.82, 2.24) is 15.4 Å². The van der Waals surface area contributed by atoms with Gasteiger partial charge in [0, 0.05) is 18.1 Å². The SMILES string of the molecule is CC1Cc2ccc(-c3cc(CNC(=O)CN4C(=O)c5ccccc5C4=O)no3)cc2O1.